The average Bonchev–Trinajstić information content (AvgIpc) is 3.08. The van der Waals surface area contributed by atoms with Gasteiger partial charge in [-0.1, -0.05) is 18.2 Å². The Morgan fingerprint density at radius 3 is 2.82 bits per heavy atom. The van der Waals surface area contributed by atoms with Crippen LogP contribution in [-0.4, -0.2) is 34.6 Å². The zero-order valence-corrected chi connectivity index (χ0v) is 15.9. The number of rotatable bonds is 5. The number of ether oxygens (including phenoxy) is 2. The van der Waals surface area contributed by atoms with E-state index in [4.69, 9.17) is 9.47 Å². The quantitative estimate of drug-likeness (QED) is 0.541. The van der Waals surface area contributed by atoms with E-state index in [1.54, 1.807) is 20.2 Å². The molecular weight excluding hydrogens is 356 g/mol. The zero-order valence-electron chi connectivity index (χ0n) is 15.9. The molecule has 142 valence electrons. The number of H-pyrrole nitrogens is 1. The maximum atomic E-state index is 12.9. The lowest BCUT2D eigenvalue weighted by Crippen LogP contribution is -2.20. The molecule has 2 aromatic heterocycles. The summed E-state index contributed by atoms with van der Waals surface area (Å²) in [7, 11) is 1.58. The summed E-state index contributed by atoms with van der Waals surface area (Å²) in [6.45, 7) is 4.23. The molecule has 2 heterocycles. The van der Waals surface area contributed by atoms with Crippen molar-refractivity contribution in [3.8, 4) is 11.5 Å². The molecule has 0 unspecified atom stereocenters. The number of benzene rings is 2. The first kappa shape index (κ1) is 17.8. The first-order valence-electron chi connectivity index (χ1n) is 8.97. The van der Waals surface area contributed by atoms with E-state index in [2.05, 4.69) is 15.1 Å². The van der Waals surface area contributed by atoms with Gasteiger partial charge in [0.05, 0.1) is 19.9 Å². The third-order valence-corrected chi connectivity index (χ3v) is 4.47. The van der Waals surface area contributed by atoms with Crippen LogP contribution in [0.2, 0.25) is 0 Å². The number of hydrogen-bond acceptors (Lipinski definition) is 5. The second-order valence-electron chi connectivity index (χ2n) is 6.26. The van der Waals surface area contributed by atoms with Crippen molar-refractivity contribution in [1.82, 2.24) is 14.6 Å². The lowest BCUT2D eigenvalue weighted by molar-refractivity contribution is 0.311. The van der Waals surface area contributed by atoms with Crippen LogP contribution in [0.5, 0.6) is 11.5 Å². The molecule has 2 aromatic carbocycles. The van der Waals surface area contributed by atoms with E-state index in [-0.39, 0.29) is 5.56 Å². The fraction of sp³-hybridized carbons (Fsp3) is 0.190. The number of nitrogens with one attached hydrogen (secondary N) is 1. The topological polar surface area (TPSA) is 81.5 Å². The van der Waals surface area contributed by atoms with Gasteiger partial charge >= 0.3 is 0 Å². The van der Waals surface area contributed by atoms with E-state index in [1.807, 2.05) is 49.4 Å². The van der Waals surface area contributed by atoms with Gasteiger partial charge < -0.3 is 14.5 Å². The van der Waals surface area contributed by atoms with Crippen LogP contribution in [-0.2, 0) is 0 Å². The third-order valence-electron chi connectivity index (χ3n) is 4.47. The highest BCUT2D eigenvalue weighted by Crippen LogP contribution is 2.27. The number of para-hydroxylation sites is 1. The Morgan fingerprint density at radius 2 is 2.04 bits per heavy atom. The molecule has 7 nitrogen and oxygen atoms in total. The van der Waals surface area contributed by atoms with Gasteiger partial charge in [0.25, 0.3) is 5.56 Å². The van der Waals surface area contributed by atoms with Crippen molar-refractivity contribution >= 4 is 28.2 Å². The van der Waals surface area contributed by atoms with Crippen molar-refractivity contribution < 1.29 is 9.47 Å². The molecular formula is C21H20N4O3. The molecule has 0 fully saturated rings. The van der Waals surface area contributed by atoms with Crippen LogP contribution < -0.4 is 15.0 Å². The summed E-state index contributed by atoms with van der Waals surface area (Å²) >= 11 is 0. The Morgan fingerprint density at radius 1 is 1.21 bits per heavy atom. The number of methoxy groups -OCH3 is 1. The molecule has 0 saturated carbocycles. The number of aromatic amines is 1. The number of hydrogen-bond donors (Lipinski definition) is 1. The van der Waals surface area contributed by atoms with Crippen molar-refractivity contribution in [3.63, 3.8) is 0 Å². The molecule has 0 aliphatic rings. The van der Waals surface area contributed by atoms with Gasteiger partial charge in [0, 0.05) is 10.9 Å². The van der Waals surface area contributed by atoms with E-state index in [0.29, 0.717) is 35.0 Å². The highest BCUT2D eigenvalue weighted by atomic mass is 16.5. The second kappa shape index (κ2) is 7.19. The van der Waals surface area contributed by atoms with Crippen molar-refractivity contribution in [2.24, 2.45) is 5.10 Å². The Hall–Kier alpha value is -3.61. The molecule has 0 radical (unpaired) electrons. The lowest BCUT2D eigenvalue weighted by atomic mass is 10.2. The van der Waals surface area contributed by atoms with Crippen LogP contribution in [0.4, 0.5) is 0 Å². The van der Waals surface area contributed by atoms with Gasteiger partial charge in [0.1, 0.15) is 16.9 Å². The van der Waals surface area contributed by atoms with Crippen molar-refractivity contribution in [2.75, 3.05) is 13.7 Å². The first-order chi connectivity index (χ1) is 13.6. The fourth-order valence-electron chi connectivity index (χ4n) is 3.16. The van der Waals surface area contributed by atoms with Gasteiger partial charge in [0.2, 0.25) is 0 Å². The molecule has 0 bridgehead atoms. The molecule has 0 aliphatic carbocycles. The minimum absolute atomic E-state index is 0.243. The highest BCUT2D eigenvalue weighted by Gasteiger charge is 2.13. The van der Waals surface area contributed by atoms with E-state index in [9.17, 15) is 4.79 Å². The molecule has 0 saturated heterocycles. The van der Waals surface area contributed by atoms with Gasteiger partial charge in [-0.2, -0.15) is 9.78 Å². The molecule has 4 aromatic rings. The fourth-order valence-corrected chi connectivity index (χ4v) is 3.16. The highest BCUT2D eigenvalue weighted by molar-refractivity contribution is 6.04. The van der Waals surface area contributed by atoms with Gasteiger partial charge in [-0.05, 0) is 43.7 Å². The number of fused-ring (bicyclic) bond motifs is 3. The second-order valence-corrected chi connectivity index (χ2v) is 6.26. The van der Waals surface area contributed by atoms with Gasteiger partial charge in [-0.3, -0.25) is 4.79 Å². The third kappa shape index (κ3) is 3.00. The van der Waals surface area contributed by atoms with Crippen molar-refractivity contribution in [1.29, 1.82) is 0 Å². The Balaban J connectivity index is 1.77. The van der Waals surface area contributed by atoms with Crippen LogP contribution in [0, 0.1) is 6.92 Å². The van der Waals surface area contributed by atoms with Gasteiger partial charge in [-0.15, -0.1) is 0 Å². The number of aryl methyl sites for hydroxylation is 1. The number of nitrogens with zero attached hydrogens (tertiary/aromatic N) is 3. The summed E-state index contributed by atoms with van der Waals surface area (Å²) in [5, 5.41) is 5.27. The minimum atomic E-state index is -0.243. The standard InChI is InChI=1S/C21H20N4O3/c1-4-28-17-10-9-14(11-18(17)27-3)12-22-25-13(2)23-19-15-7-5-6-8-16(15)24-20(19)21(25)26/h5-12,24H,4H2,1-3H3/b22-12+. The monoisotopic (exact) mass is 376 g/mol. The van der Waals surface area contributed by atoms with Gasteiger partial charge in [0.15, 0.2) is 11.5 Å². The summed E-state index contributed by atoms with van der Waals surface area (Å²) in [5.41, 5.74) is 2.51. The maximum absolute atomic E-state index is 12.9. The van der Waals surface area contributed by atoms with E-state index in [1.165, 1.54) is 4.68 Å². The van der Waals surface area contributed by atoms with E-state index >= 15 is 0 Å². The van der Waals surface area contributed by atoms with Crippen molar-refractivity contribution in [2.45, 2.75) is 13.8 Å². The van der Waals surface area contributed by atoms with Crippen LogP contribution in [0.1, 0.15) is 18.3 Å². The van der Waals surface area contributed by atoms with Crippen LogP contribution >= 0.6 is 0 Å². The molecule has 28 heavy (non-hydrogen) atoms. The molecule has 0 spiro atoms. The molecule has 1 N–H and O–H groups in total. The molecule has 0 amide bonds. The lowest BCUT2D eigenvalue weighted by Gasteiger charge is -2.09. The van der Waals surface area contributed by atoms with Crippen LogP contribution in [0.25, 0.3) is 21.9 Å². The summed E-state index contributed by atoms with van der Waals surface area (Å²) in [5.74, 6) is 1.78. The van der Waals surface area contributed by atoms with E-state index < -0.39 is 0 Å². The Bertz CT molecular complexity index is 1250. The largest absolute Gasteiger partial charge is 0.493 e. The first-order valence-corrected chi connectivity index (χ1v) is 8.97. The summed E-state index contributed by atoms with van der Waals surface area (Å²) in [6, 6.07) is 13.2. The maximum Gasteiger partial charge on any atom is 0.298 e. The van der Waals surface area contributed by atoms with Crippen LogP contribution in [0.15, 0.2) is 52.4 Å². The summed E-state index contributed by atoms with van der Waals surface area (Å²) in [4.78, 5) is 20.7. The Labute approximate surface area is 161 Å². The normalized spacial score (nSPS) is 11.5. The number of aromatic nitrogens is 3. The SMILES string of the molecule is CCOc1ccc(/C=N/n2c(C)nc3c([nH]c4ccccc43)c2=O)cc1OC. The van der Waals surface area contributed by atoms with Crippen molar-refractivity contribution in [3.05, 3.63) is 64.2 Å². The zero-order chi connectivity index (χ0) is 19.7. The molecule has 7 heteroatoms. The Kier molecular flexibility index (Phi) is 4.57. The molecule has 0 atom stereocenters. The minimum Gasteiger partial charge on any atom is -0.493 e. The summed E-state index contributed by atoms with van der Waals surface area (Å²) < 4.78 is 12.2. The smallest absolute Gasteiger partial charge is 0.298 e. The van der Waals surface area contributed by atoms with Crippen LogP contribution in [0.3, 0.4) is 0 Å². The summed E-state index contributed by atoms with van der Waals surface area (Å²) in [6.07, 6.45) is 1.60. The van der Waals surface area contributed by atoms with Gasteiger partial charge in [-0.25, -0.2) is 4.98 Å². The average molecular weight is 376 g/mol. The predicted molar refractivity (Wildman–Crippen MR) is 110 cm³/mol. The van der Waals surface area contributed by atoms with E-state index in [0.717, 1.165) is 16.5 Å². The molecule has 0 aliphatic heterocycles. The molecule has 4 rings (SSSR count). The predicted octanol–water partition coefficient (Wildman–Crippen LogP) is 3.48.